The molecule has 1 saturated carbocycles. The van der Waals surface area contributed by atoms with E-state index in [1.54, 1.807) is 24.5 Å². The lowest BCUT2D eigenvalue weighted by Crippen LogP contribution is -2.36. The monoisotopic (exact) mass is 287 g/mol. The summed E-state index contributed by atoms with van der Waals surface area (Å²) in [6.45, 7) is 0.579. The quantitative estimate of drug-likeness (QED) is 0.829. The molecule has 0 spiro atoms. The zero-order valence-electron chi connectivity index (χ0n) is 11.8. The predicted octanol–water partition coefficient (Wildman–Crippen LogP) is 3.20. The van der Waals surface area contributed by atoms with E-state index in [2.05, 4.69) is 5.32 Å². The molecule has 1 aromatic heterocycles. The molecule has 0 aliphatic heterocycles. The zero-order chi connectivity index (χ0) is 14.7. The van der Waals surface area contributed by atoms with Crippen molar-refractivity contribution >= 4 is 5.91 Å². The van der Waals surface area contributed by atoms with Crippen LogP contribution in [0.2, 0.25) is 0 Å². The van der Waals surface area contributed by atoms with Gasteiger partial charge in [0.15, 0.2) is 0 Å². The highest BCUT2D eigenvalue weighted by atomic mass is 19.1. The number of carbonyl (C=O) groups excluding carboxylic acids is 1. The number of benzene rings is 1. The molecule has 1 aromatic carbocycles. The maximum absolute atomic E-state index is 13.9. The Morgan fingerprint density at radius 1 is 1.24 bits per heavy atom. The van der Waals surface area contributed by atoms with Crippen LogP contribution in [0.25, 0.3) is 0 Å². The fraction of sp³-hybridized carbons (Fsp3) is 0.353. The normalized spacial score (nSPS) is 15.7. The van der Waals surface area contributed by atoms with E-state index in [-0.39, 0.29) is 11.7 Å². The summed E-state index contributed by atoms with van der Waals surface area (Å²) in [7, 11) is 0. The Morgan fingerprint density at radius 2 is 2.05 bits per heavy atom. The Labute approximate surface area is 123 Å². The average molecular weight is 287 g/mol. The van der Waals surface area contributed by atoms with Gasteiger partial charge in [-0.2, -0.15) is 0 Å². The summed E-state index contributed by atoms with van der Waals surface area (Å²) in [6, 6.07) is 10.3. The first-order valence-electron chi connectivity index (χ1n) is 7.28. The Balaban J connectivity index is 1.54. The Bertz CT molecular complexity index is 617. The van der Waals surface area contributed by atoms with Gasteiger partial charge in [-0.15, -0.1) is 0 Å². The number of amides is 1. The third-order valence-corrected chi connectivity index (χ3v) is 4.04. The van der Waals surface area contributed by atoms with Crippen LogP contribution in [0.15, 0.2) is 47.1 Å². The fourth-order valence-corrected chi connectivity index (χ4v) is 2.68. The highest BCUT2D eigenvalue weighted by Gasteiger charge is 2.52. The second-order valence-electron chi connectivity index (χ2n) is 5.50. The van der Waals surface area contributed by atoms with E-state index in [0.29, 0.717) is 12.1 Å². The van der Waals surface area contributed by atoms with Gasteiger partial charge in [0.05, 0.1) is 11.7 Å². The third-order valence-electron chi connectivity index (χ3n) is 4.04. The van der Waals surface area contributed by atoms with Gasteiger partial charge in [-0.05, 0) is 37.5 Å². The topological polar surface area (TPSA) is 42.2 Å². The van der Waals surface area contributed by atoms with E-state index in [4.69, 9.17) is 4.42 Å². The van der Waals surface area contributed by atoms with E-state index >= 15 is 0 Å². The number of aryl methyl sites for hydroxylation is 1. The van der Waals surface area contributed by atoms with Crippen LogP contribution < -0.4 is 5.32 Å². The van der Waals surface area contributed by atoms with E-state index < -0.39 is 5.41 Å². The van der Waals surface area contributed by atoms with Gasteiger partial charge in [0.1, 0.15) is 11.6 Å². The van der Waals surface area contributed by atoms with Crippen molar-refractivity contribution in [3.63, 3.8) is 0 Å². The van der Waals surface area contributed by atoms with Crippen molar-refractivity contribution in [3.05, 3.63) is 59.8 Å². The van der Waals surface area contributed by atoms with Crippen LogP contribution in [0.4, 0.5) is 4.39 Å². The maximum Gasteiger partial charge on any atom is 0.230 e. The molecule has 1 fully saturated rings. The van der Waals surface area contributed by atoms with Crippen LogP contribution in [0.5, 0.6) is 0 Å². The first kappa shape index (κ1) is 13.9. The molecule has 0 unspecified atom stereocenters. The Kier molecular flexibility index (Phi) is 3.78. The zero-order valence-corrected chi connectivity index (χ0v) is 11.8. The summed E-state index contributed by atoms with van der Waals surface area (Å²) >= 11 is 0. The lowest BCUT2D eigenvalue weighted by Gasteiger charge is -2.16. The molecular formula is C17H18FNO2. The molecule has 1 aliphatic carbocycles. The van der Waals surface area contributed by atoms with Crippen LogP contribution in [0, 0.1) is 5.82 Å². The van der Waals surface area contributed by atoms with Crippen LogP contribution >= 0.6 is 0 Å². The lowest BCUT2D eigenvalue weighted by atomic mass is 9.94. The largest absolute Gasteiger partial charge is 0.469 e. The second kappa shape index (κ2) is 5.72. The van der Waals surface area contributed by atoms with Crippen LogP contribution in [0.1, 0.15) is 30.6 Å². The van der Waals surface area contributed by atoms with E-state index in [1.807, 2.05) is 12.1 Å². The minimum absolute atomic E-state index is 0.0629. The minimum Gasteiger partial charge on any atom is -0.469 e. The molecule has 1 amide bonds. The number of halogens is 1. The van der Waals surface area contributed by atoms with E-state index in [9.17, 15) is 9.18 Å². The van der Waals surface area contributed by atoms with Gasteiger partial charge in [0, 0.05) is 18.5 Å². The SMILES string of the molecule is O=C(NCCCc1ccco1)C1(c2ccccc2F)CC1. The first-order valence-corrected chi connectivity index (χ1v) is 7.28. The molecule has 0 saturated heterocycles. The van der Waals surface area contributed by atoms with Gasteiger partial charge in [0.25, 0.3) is 0 Å². The molecule has 1 aliphatic rings. The minimum atomic E-state index is -0.643. The van der Waals surface area contributed by atoms with Crippen LogP contribution in [0.3, 0.4) is 0 Å². The highest BCUT2D eigenvalue weighted by molar-refractivity contribution is 5.91. The summed E-state index contributed by atoms with van der Waals surface area (Å²) < 4.78 is 19.1. The van der Waals surface area contributed by atoms with Crippen LogP contribution in [-0.4, -0.2) is 12.5 Å². The average Bonchev–Trinajstić information content (AvgIpc) is 3.13. The van der Waals surface area contributed by atoms with Crippen molar-refractivity contribution in [2.45, 2.75) is 31.1 Å². The number of furan rings is 1. The number of nitrogens with one attached hydrogen (secondary N) is 1. The summed E-state index contributed by atoms with van der Waals surface area (Å²) in [5, 5.41) is 2.93. The second-order valence-corrected chi connectivity index (χ2v) is 5.50. The number of rotatable bonds is 6. The molecule has 21 heavy (non-hydrogen) atoms. The molecule has 0 atom stereocenters. The molecule has 0 bridgehead atoms. The molecule has 1 heterocycles. The summed E-state index contributed by atoms with van der Waals surface area (Å²) in [5.74, 6) is 0.562. The number of hydrogen-bond acceptors (Lipinski definition) is 2. The van der Waals surface area contributed by atoms with Crippen molar-refractivity contribution in [2.75, 3.05) is 6.54 Å². The predicted molar refractivity (Wildman–Crippen MR) is 77.4 cm³/mol. The summed E-state index contributed by atoms with van der Waals surface area (Å²) in [5.41, 5.74) is -0.121. The smallest absolute Gasteiger partial charge is 0.230 e. The summed E-state index contributed by atoms with van der Waals surface area (Å²) in [6.07, 6.45) is 4.69. The maximum atomic E-state index is 13.9. The van der Waals surface area contributed by atoms with Gasteiger partial charge in [-0.25, -0.2) is 4.39 Å². The van der Waals surface area contributed by atoms with Crippen LogP contribution in [-0.2, 0) is 16.6 Å². The van der Waals surface area contributed by atoms with Gasteiger partial charge < -0.3 is 9.73 Å². The van der Waals surface area contributed by atoms with Gasteiger partial charge in [0.2, 0.25) is 5.91 Å². The van der Waals surface area contributed by atoms with Crippen molar-refractivity contribution in [1.82, 2.24) is 5.32 Å². The molecule has 1 N–H and O–H groups in total. The standard InChI is InChI=1S/C17H18FNO2/c18-15-8-2-1-7-14(15)17(9-10-17)16(20)19-11-3-5-13-6-4-12-21-13/h1-2,4,6-8,12H,3,5,9-11H2,(H,19,20). The number of carbonyl (C=O) groups is 1. The molecule has 0 radical (unpaired) electrons. The van der Waals surface area contributed by atoms with Crippen molar-refractivity contribution in [2.24, 2.45) is 0 Å². The third kappa shape index (κ3) is 2.84. The Morgan fingerprint density at radius 3 is 2.71 bits per heavy atom. The molecule has 2 aromatic rings. The van der Waals surface area contributed by atoms with Crippen molar-refractivity contribution in [1.29, 1.82) is 0 Å². The van der Waals surface area contributed by atoms with E-state index in [1.165, 1.54) is 6.07 Å². The van der Waals surface area contributed by atoms with Gasteiger partial charge in [-0.3, -0.25) is 4.79 Å². The Hall–Kier alpha value is -2.10. The molecule has 110 valence electrons. The van der Waals surface area contributed by atoms with Crippen molar-refractivity contribution in [3.8, 4) is 0 Å². The highest BCUT2D eigenvalue weighted by Crippen LogP contribution is 2.49. The summed E-state index contributed by atoms with van der Waals surface area (Å²) in [4.78, 5) is 12.3. The number of hydrogen-bond donors (Lipinski definition) is 1. The molecule has 3 nitrogen and oxygen atoms in total. The first-order chi connectivity index (χ1) is 10.2. The van der Waals surface area contributed by atoms with Gasteiger partial charge in [-0.1, -0.05) is 18.2 Å². The fourth-order valence-electron chi connectivity index (χ4n) is 2.68. The molecule has 4 heteroatoms. The lowest BCUT2D eigenvalue weighted by molar-refractivity contribution is -0.123. The van der Waals surface area contributed by atoms with Crippen molar-refractivity contribution < 1.29 is 13.6 Å². The van der Waals surface area contributed by atoms with E-state index in [0.717, 1.165) is 31.4 Å². The molecular weight excluding hydrogens is 269 g/mol. The molecule has 3 rings (SSSR count). The van der Waals surface area contributed by atoms with Gasteiger partial charge >= 0.3 is 0 Å².